The summed E-state index contributed by atoms with van der Waals surface area (Å²) in [6.45, 7) is -0.117. The van der Waals surface area contributed by atoms with E-state index in [1.165, 1.54) is 0 Å². The van der Waals surface area contributed by atoms with E-state index < -0.39 is 31.7 Å². The Morgan fingerprint density at radius 3 is 2.52 bits per heavy atom. The van der Waals surface area contributed by atoms with Crippen LogP contribution >= 0.6 is 11.6 Å². The first-order valence-electron chi connectivity index (χ1n) is 7.00. The van der Waals surface area contributed by atoms with Crippen molar-refractivity contribution in [2.75, 3.05) is 19.0 Å². The van der Waals surface area contributed by atoms with E-state index in [0.29, 0.717) is 17.4 Å². The molecule has 0 amide bonds. The fourth-order valence-corrected chi connectivity index (χ4v) is 3.37. The zero-order valence-corrected chi connectivity index (χ0v) is 14.9. The first-order chi connectivity index (χ1) is 11.5. The van der Waals surface area contributed by atoms with Gasteiger partial charge in [-0.25, -0.2) is 18.1 Å². The molecule has 0 unspecified atom stereocenters. The van der Waals surface area contributed by atoms with Gasteiger partial charge in [0.1, 0.15) is 5.82 Å². The number of nitrogens with zero attached hydrogens (tertiary/aromatic N) is 2. The quantitative estimate of drug-likeness (QED) is 0.846. The highest BCUT2D eigenvalue weighted by Gasteiger charge is 2.34. The normalized spacial score (nSPS) is 12.2. The van der Waals surface area contributed by atoms with Crippen LogP contribution in [0.1, 0.15) is 11.1 Å². The van der Waals surface area contributed by atoms with Crippen molar-refractivity contribution >= 4 is 27.4 Å². The Labute approximate surface area is 148 Å². The van der Waals surface area contributed by atoms with E-state index in [1.807, 2.05) is 0 Å². The Balaban J connectivity index is 2.29. The van der Waals surface area contributed by atoms with Gasteiger partial charge >= 0.3 is 6.18 Å². The summed E-state index contributed by atoms with van der Waals surface area (Å²) < 4.78 is 65.6. The number of nitrogens with one attached hydrogen (secondary N) is 1. The molecule has 5 nitrogen and oxygen atoms in total. The van der Waals surface area contributed by atoms with Crippen LogP contribution in [-0.4, -0.2) is 27.5 Å². The van der Waals surface area contributed by atoms with Crippen LogP contribution in [0.4, 0.5) is 19.0 Å². The van der Waals surface area contributed by atoms with Crippen molar-refractivity contribution in [3.05, 3.63) is 52.7 Å². The SMILES string of the molecule is CN(C)c1ncccc1CNS(=O)(=O)c1ccc(Cl)c(C(F)(F)F)c1. The number of sulfonamides is 1. The standard InChI is InChI=1S/C15H15ClF3N3O2S/c1-22(2)14-10(4-3-7-20-14)9-21-25(23,24)11-5-6-13(16)12(8-11)15(17,18)19/h3-8,21H,9H2,1-2H3. The van der Waals surface area contributed by atoms with Crippen molar-refractivity contribution in [1.82, 2.24) is 9.71 Å². The third-order valence-electron chi connectivity index (χ3n) is 3.30. The van der Waals surface area contributed by atoms with Gasteiger partial charge in [0, 0.05) is 32.4 Å². The Bertz CT molecular complexity index is 871. The summed E-state index contributed by atoms with van der Waals surface area (Å²) in [4.78, 5) is 5.32. The lowest BCUT2D eigenvalue weighted by atomic mass is 10.2. The van der Waals surface area contributed by atoms with E-state index in [4.69, 9.17) is 11.6 Å². The summed E-state index contributed by atoms with van der Waals surface area (Å²) in [5, 5.41) is -0.561. The third-order valence-corrected chi connectivity index (χ3v) is 5.03. The maximum absolute atomic E-state index is 12.9. The van der Waals surface area contributed by atoms with Gasteiger partial charge in [0.25, 0.3) is 0 Å². The van der Waals surface area contributed by atoms with Gasteiger partial charge in [0.05, 0.1) is 15.5 Å². The smallest absolute Gasteiger partial charge is 0.362 e. The van der Waals surface area contributed by atoms with Gasteiger partial charge < -0.3 is 4.90 Å². The van der Waals surface area contributed by atoms with Gasteiger partial charge in [0.15, 0.2) is 0 Å². The summed E-state index contributed by atoms with van der Waals surface area (Å²) in [5.74, 6) is 0.553. The molecule has 1 heterocycles. The number of pyridine rings is 1. The van der Waals surface area contributed by atoms with Crippen LogP contribution in [0, 0.1) is 0 Å². The lowest BCUT2D eigenvalue weighted by Gasteiger charge is -2.16. The van der Waals surface area contributed by atoms with Gasteiger partial charge in [-0.1, -0.05) is 17.7 Å². The zero-order valence-electron chi connectivity index (χ0n) is 13.3. The van der Waals surface area contributed by atoms with Crippen LogP contribution in [0.25, 0.3) is 0 Å². The fourth-order valence-electron chi connectivity index (χ4n) is 2.12. The molecular formula is C15H15ClF3N3O2S. The van der Waals surface area contributed by atoms with Crippen LogP contribution < -0.4 is 9.62 Å². The highest BCUT2D eigenvalue weighted by atomic mass is 35.5. The van der Waals surface area contributed by atoms with E-state index in [9.17, 15) is 21.6 Å². The Morgan fingerprint density at radius 2 is 1.92 bits per heavy atom. The number of aromatic nitrogens is 1. The third kappa shape index (κ3) is 4.62. The van der Waals surface area contributed by atoms with Crippen LogP contribution in [-0.2, 0) is 22.7 Å². The number of rotatable bonds is 5. The summed E-state index contributed by atoms with van der Waals surface area (Å²) in [7, 11) is -0.665. The van der Waals surface area contributed by atoms with Crippen molar-refractivity contribution < 1.29 is 21.6 Å². The predicted molar refractivity (Wildman–Crippen MR) is 89.0 cm³/mol. The number of hydrogen-bond donors (Lipinski definition) is 1. The molecule has 0 saturated carbocycles. The Hall–Kier alpha value is -1.84. The summed E-state index contributed by atoms with van der Waals surface area (Å²) in [6.07, 6.45) is -3.19. The second kappa shape index (κ2) is 7.19. The molecule has 0 radical (unpaired) electrons. The molecule has 0 saturated heterocycles. The minimum Gasteiger partial charge on any atom is -0.362 e. The molecule has 0 aliphatic rings. The fraction of sp³-hybridized carbons (Fsp3) is 0.267. The summed E-state index contributed by atoms with van der Waals surface area (Å²) in [5.41, 5.74) is -0.617. The number of halogens is 4. The first kappa shape index (κ1) is 19.5. The molecule has 0 fully saturated rings. The molecular weight excluding hydrogens is 379 g/mol. The molecule has 1 aromatic carbocycles. The van der Waals surface area contributed by atoms with Crippen molar-refractivity contribution in [3.63, 3.8) is 0 Å². The molecule has 1 aromatic heterocycles. The van der Waals surface area contributed by atoms with Crippen molar-refractivity contribution in [2.24, 2.45) is 0 Å². The topological polar surface area (TPSA) is 62.3 Å². The predicted octanol–water partition coefficient (Wildman–Crippen LogP) is 3.30. The van der Waals surface area contributed by atoms with Crippen LogP contribution in [0.2, 0.25) is 5.02 Å². The number of hydrogen-bond acceptors (Lipinski definition) is 4. The summed E-state index contributed by atoms with van der Waals surface area (Å²) >= 11 is 5.51. The van der Waals surface area contributed by atoms with Crippen LogP contribution in [0.15, 0.2) is 41.4 Å². The Kier molecular flexibility index (Phi) is 5.60. The summed E-state index contributed by atoms with van der Waals surface area (Å²) in [6, 6.07) is 5.76. The van der Waals surface area contributed by atoms with Gasteiger partial charge in [-0.05, 0) is 24.3 Å². The molecule has 136 valence electrons. The monoisotopic (exact) mass is 393 g/mol. The van der Waals surface area contributed by atoms with Crippen molar-refractivity contribution in [1.29, 1.82) is 0 Å². The molecule has 2 rings (SSSR count). The molecule has 0 aliphatic carbocycles. The van der Waals surface area contributed by atoms with E-state index in [-0.39, 0.29) is 6.54 Å². The molecule has 0 spiro atoms. The lowest BCUT2D eigenvalue weighted by molar-refractivity contribution is -0.137. The van der Waals surface area contributed by atoms with E-state index >= 15 is 0 Å². The first-order valence-corrected chi connectivity index (χ1v) is 8.86. The van der Waals surface area contributed by atoms with Gasteiger partial charge in [-0.3, -0.25) is 0 Å². The largest absolute Gasteiger partial charge is 0.417 e. The van der Waals surface area contributed by atoms with Crippen LogP contribution in [0.5, 0.6) is 0 Å². The molecule has 1 N–H and O–H groups in total. The second-order valence-electron chi connectivity index (χ2n) is 5.34. The van der Waals surface area contributed by atoms with Gasteiger partial charge in [-0.2, -0.15) is 13.2 Å². The van der Waals surface area contributed by atoms with E-state index in [0.717, 1.165) is 12.1 Å². The van der Waals surface area contributed by atoms with Gasteiger partial charge in [-0.15, -0.1) is 0 Å². The molecule has 0 atom stereocenters. The highest BCUT2D eigenvalue weighted by molar-refractivity contribution is 7.89. The second-order valence-corrected chi connectivity index (χ2v) is 7.52. The van der Waals surface area contributed by atoms with E-state index in [2.05, 4.69) is 9.71 Å². The van der Waals surface area contributed by atoms with Crippen LogP contribution in [0.3, 0.4) is 0 Å². The average molecular weight is 394 g/mol. The number of benzene rings is 1. The minimum absolute atomic E-state index is 0.117. The number of alkyl halides is 3. The molecule has 10 heteroatoms. The molecule has 0 bridgehead atoms. The minimum atomic E-state index is -4.75. The highest BCUT2D eigenvalue weighted by Crippen LogP contribution is 2.35. The van der Waals surface area contributed by atoms with Crippen molar-refractivity contribution in [2.45, 2.75) is 17.6 Å². The maximum atomic E-state index is 12.9. The number of anilines is 1. The molecule has 25 heavy (non-hydrogen) atoms. The Morgan fingerprint density at radius 1 is 1.24 bits per heavy atom. The zero-order chi connectivity index (χ0) is 18.8. The molecule has 2 aromatic rings. The molecule has 0 aliphatic heterocycles. The van der Waals surface area contributed by atoms with Gasteiger partial charge in [0.2, 0.25) is 10.0 Å². The lowest BCUT2D eigenvalue weighted by Crippen LogP contribution is -2.25. The maximum Gasteiger partial charge on any atom is 0.417 e. The van der Waals surface area contributed by atoms with Crippen molar-refractivity contribution in [3.8, 4) is 0 Å². The van der Waals surface area contributed by atoms with E-state index in [1.54, 1.807) is 37.3 Å². The average Bonchev–Trinajstić information content (AvgIpc) is 2.52.